The molecule has 0 unspecified atom stereocenters. The van der Waals surface area contributed by atoms with Crippen LogP contribution in [0, 0.1) is 0 Å². The van der Waals surface area contributed by atoms with Crippen molar-refractivity contribution >= 4 is 0 Å². The Balaban J connectivity index is 0.000000181. The second-order valence-electron chi connectivity index (χ2n) is 3.64. The summed E-state index contributed by atoms with van der Waals surface area (Å²) in [4.78, 5) is 6.12. The minimum Gasteiger partial charge on any atom is -0.374 e. The van der Waals surface area contributed by atoms with Crippen molar-refractivity contribution in [1.82, 2.24) is 9.88 Å². The van der Waals surface area contributed by atoms with Gasteiger partial charge in [-0.25, -0.2) is 0 Å². The molecule has 2 heteroatoms. The van der Waals surface area contributed by atoms with Gasteiger partial charge in [0.15, 0.2) is 0 Å². The van der Waals surface area contributed by atoms with Crippen LogP contribution in [0.25, 0.3) is 0 Å². The highest BCUT2D eigenvalue weighted by Gasteiger charge is 1.96. The molecule has 2 nitrogen and oxygen atoms in total. The lowest BCUT2D eigenvalue weighted by molar-refractivity contribution is 0.401. The van der Waals surface area contributed by atoms with E-state index < -0.39 is 0 Å². The Hall–Kier alpha value is -1.57. The first-order valence-corrected chi connectivity index (χ1v) is 5.86. The molecule has 0 fully saturated rings. The molecule has 86 valence electrons. The van der Waals surface area contributed by atoms with Crippen LogP contribution in [0.5, 0.6) is 0 Å². The van der Waals surface area contributed by atoms with Gasteiger partial charge in [0.25, 0.3) is 0 Å². The lowest BCUT2D eigenvalue weighted by Gasteiger charge is -2.19. The molecule has 1 aliphatic rings. The molecule has 16 heavy (non-hydrogen) atoms. The zero-order valence-electron chi connectivity index (χ0n) is 9.92. The fraction of sp³-hybridized carbons (Fsp3) is 0.357. The maximum Gasteiger partial charge on any atom is 0.0357 e. The molecule has 2 heterocycles. The van der Waals surface area contributed by atoms with Gasteiger partial charge in [-0.1, -0.05) is 31.6 Å². The number of aromatic nitrogens is 1. The van der Waals surface area contributed by atoms with Gasteiger partial charge in [0.05, 0.1) is 0 Å². The number of pyridine rings is 1. The number of allylic oxidation sites excluding steroid dienone is 2. The summed E-state index contributed by atoms with van der Waals surface area (Å²) in [5.41, 5.74) is 0. The molecule has 0 saturated heterocycles. The van der Waals surface area contributed by atoms with Crippen molar-refractivity contribution in [1.29, 1.82) is 0 Å². The zero-order chi connectivity index (χ0) is 11.5. The van der Waals surface area contributed by atoms with Crippen LogP contribution >= 0.6 is 0 Å². The van der Waals surface area contributed by atoms with Crippen molar-refractivity contribution in [3.63, 3.8) is 0 Å². The molecule has 2 rings (SSSR count). The first-order chi connectivity index (χ1) is 7.93. The zero-order valence-corrected chi connectivity index (χ0v) is 9.92. The van der Waals surface area contributed by atoms with Crippen LogP contribution in [-0.2, 0) is 0 Å². The summed E-state index contributed by atoms with van der Waals surface area (Å²) in [7, 11) is 0. The van der Waals surface area contributed by atoms with E-state index in [1.807, 2.05) is 18.2 Å². The van der Waals surface area contributed by atoms with Crippen molar-refractivity contribution in [3.05, 3.63) is 55.0 Å². The van der Waals surface area contributed by atoms with Crippen LogP contribution in [0.2, 0.25) is 0 Å². The molecule has 1 aromatic rings. The Morgan fingerprint density at radius 1 is 1.12 bits per heavy atom. The molecule has 0 bridgehead atoms. The highest BCUT2D eigenvalue weighted by Crippen LogP contribution is 2.00. The van der Waals surface area contributed by atoms with Gasteiger partial charge in [0.1, 0.15) is 0 Å². The van der Waals surface area contributed by atoms with Crippen LogP contribution in [-0.4, -0.2) is 23.0 Å². The first-order valence-electron chi connectivity index (χ1n) is 5.86. The van der Waals surface area contributed by atoms with E-state index in [9.17, 15) is 0 Å². The van der Waals surface area contributed by atoms with Crippen LogP contribution in [0.3, 0.4) is 0 Å². The van der Waals surface area contributed by atoms with Crippen LogP contribution < -0.4 is 0 Å². The fourth-order valence-electron chi connectivity index (χ4n) is 1.35. The smallest absolute Gasteiger partial charge is 0.0357 e. The Bertz CT molecular complexity index is 277. The lowest BCUT2D eigenvalue weighted by Crippen LogP contribution is -2.19. The van der Waals surface area contributed by atoms with Gasteiger partial charge >= 0.3 is 0 Å². The molecule has 0 N–H and O–H groups in total. The minimum atomic E-state index is 1.09. The number of unbranched alkanes of at least 4 members (excludes halogenated alkanes) is 1. The summed E-state index contributed by atoms with van der Waals surface area (Å²) in [6.45, 7) is 4.53. The van der Waals surface area contributed by atoms with E-state index in [0.29, 0.717) is 0 Å². The van der Waals surface area contributed by atoms with E-state index in [-0.39, 0.29) is 0 Å². The molecule has 1 aromatic heterocycles. The van der Waals surface area contributed by atoms with Gasteiger partial charge in [0, 0.05) is 25.5 Å². The quantitative estimate of drug-likeness (QED) is 0.771. The van der Waals surface area contributed by atoms with Gasteiger partial charge in [-0.3, -0.25) is 4.98 Å². The molecule has 0 atom stereocenters. The highest BCUT2D eigenvalue weighted by atomic mass is 15.1. The van der Waals surface area contributed by atoms with Gasteiger partial charge in [-0.15, -0.1) is 0 Å². The normalized spacial score (nSPS) is 13.2. The molecule has 0 aliphatic carbocycles. The largest absolute Gasteiger partial charge is 0.374 e. The third-order valence-electron chi connectivity index (χ3n) is 2.25. The van der Waals surface area contributed by atoms with E-state index in [1.54, 1.807) is 12.4 Å². The molecule has 0 radical (unpaired) electrons. The predicted octanol–water partition coefficient (Wildman–Crippen LogP) is 3.25. The summed E-state index contributed by atoms with van der Waals surface area (Å²) < 4.78 is 0. The molecular weight excluding hydrogens is 196 g/mol. The van der Waals surface area contributed by atoms with Gasteiger partial charge in [-0.2, -0.15) is 0 Å². The third kappa shape index (κ3) is 6.02. The molecule has 0 amide bonds. The van der Waals surface area contributed by atoms with E-state index >= 15 is 0 Å². The number of rotatable bonds is 3. The predicted molar refractivity (Wildman–Crippen MR) is 69.0 cm³/mol. The highest BCUT2D eigenvalue weighted by molar-refractivity contribution is 5.08. The van der Waals surface area contributed by atoms with Crippen molar-refractivity contribution in [3.8, 4) is 0 Å². The summed E-state index contributed by atoms with van der Waals surface area (Å²) in [6, 6.07) is 5.72. The van der Waals surface area contributed by atoms with E-state index in [2.05, 4.69) is 41.2 Å². The number of hydrogen-bond donors (Lipinski definition) is 0. The lowest BCUT2D eigenvalue weighted by atomic mass is 10.3. The van der Waals surface area contributed by atoms with Crippen LogP contribution in [0.4, 0.5) is 0 Å². The maximum absolute atomic E-state index is 3.78. The molecular formula is C14H20N2. The van der Waals surface area contributed by atoms with Crippen molar-refractivity contribution in [2.75, 3.05) is 13.1 Å². The monoisotopic (exact) mass is 216 g/mol. The van der Waals surface area contributed by atoms with Gasteiger partial charge in [0.2, 0.25) is 0 Å². The second-order valence-corrected chi connectivity index (χ2v) is 3.64. The van der Waals surface area contributed by atoms with Crippen molar-refractivity contribution < 1.29 is 0 Å². The Morgan fingerprint density at radius 2 is 1.94 bits per heavy atom. The minimum absolute atomic E-state index is 1.09. The summed E-state index contributed by atoms with van der Waals surface area (Å²) in [5, 5.41) is 0. The Labute approximate surface area is 98.3 Å². The molecule has 0 spiro atoms. The SMILES string of the molecule is CCCCN1C=CC=CC1.c1ccncc1. The van der Waals surface area contributed by atoms with Crippen LogP contribution in [0.1, 0.15) is 19.8 Å². The van der Waals surface area contributed by atoms with E-state index in [4.69, 9.17) is 0 Å². The summed E-state index contributed by atoms with van der Waals surface area (Å²) >= 11 is 0. The van der Waals surface area contributed by atoms with Crippen LogP contribution in [0.15, 0.2) is 55.0 Å². The Morgan fingerprint density at radius 3 is 2.38 bits per heavy atom. The number of hydrogen-bond acceptors (Lipinski definition) is 2. The van der Waals surface area contributed by atoms with Gasteiger partial charge < -0.3 is 4.90 Å². The molecule has 0 aromatic carbocycles. The van der Waals surface area contributed by atoms with Crippen molar-refractivity contribution in [2.24, 2.45) is 0 Å². The topological polar surface area (TPSA) is 16.1 Å². The average Bonchev–Trinajstić information content (AvgIpc) is 2.40. The third-order valence-corrected chi connectivity index (χ3v) is 2.25. The summed E-state index contributed by atoms with van der Waals surface area (Å²) in [5.74, 6) is 0. The standard InChI is InChI=1S/C9H15N.C5H5N/c1-2-3-7-10-8-5-4-6-9-10;1-2-4-6-5-3-1/h4-6,8H,2-3,7,9H2,1H3;1-5H. The molecule has 1 aliphatic heterocycles. The van der Waals surface area contributed by atoms with Crippen molar-refractivity contribution in [2.45, 2.75) is 19.8 Å². The Kier molecular flexibility index (Phi) is 6.81. The van der Waals surface area contributed by atoms with E-state index in [0.717, 1.165) is 6.54 Å². The number of nitrogens with zero attached hydrogens (tertiary/aromatic N) is 2. The second kappa shape index (κ2) is 8.72. The molecule has 0 saturated carbocycles. The summed E-state index contributed by atoms with van der Waals surface area (Å²) in [6.07, 6.45) is 14.6. The maximum atomic E-state index is 3.78. The first kappa shape index (κ1) is 12.5. The van der Waals surface area contributed by atoms with E-state index in [1.165, 1.54) is 19.4 Å². The average molecular weight is 216 g/mol. The van der Waals surface area contributed by atoms with Gasteiger partial charge in [-0.05, 0) is 30.8 Å². The fourth-order valence-corrected chi connectivity index (χ4v) is 1.35.